The van der Waals surface area contributed by atoms with Crippen LogP contribution in [0.3, 0.4) is 0 Å². The van der Waals surface area contributed by atoms with Crippen molar-refractivity contribution in [3.05, 3.63) is 48.6 Å². The molecule has 0 fully saturated rings. The van der Waals surface area contributed by atoms with E-state index in [0.29, 0.717) is 19.3 Å². The lowest BCUT2D eigenvalue weighted by Crippen LogP contribution is -2.30. The Bertz CT molecular complexity index is 1250. The molecule has 6 heteroatoms. The first kappa shape index (κ1) is 69.4. The van der Waals surface area contributed by atoms with Crippen LogP contribution in [-0.4, -0.2) is 37.2 Å². The number of allylic oxidation sites excluding steroid dienone is 8. The smallest absolute Gasteiger partial charge is 0.306 e. The normalized spacial score (nSPS) is 12.3. The second kappa shape index (κ2) is 60.9. The van der Waals surface area contributed by atoms with Gasteiger partial charge in [-0.15, -0.1) is 0 Å². The Morgan fingerprint density at radius 1 is 0.292 bits per heavy atom. The summed E-state index contributed by atoms with van der Waals surface area (Å²) in [5.41, 5.74) is 0. The van der Waals surface area contributed by atoms with E-state index in [0.717, 1.165) is 83.5 Å². The molecule has 1 atom stereocenters. The zero-order chi connectivity index (χ0) is 52.2. The van der Waals surface area contributed by atoms with Crippen LogP contribution in [-0.2, 0) is 28.6 Å². The lowest BCUT2D eigenvalue weighted by atomic mass is 10.0. The van der Waals surface area contributed by atoms with E-state index in [1.807, 2.05) is 0 Å². The molecule has 72 heavy (non-hydrogen) atoms. The van der Waals surface area contributed by atoms with Crippen LogP contribution in [0.5, 0.6) is 0 Å². The van der Waals surface area contributed by atoms with Gasteiger partial charge in [0.15, 0.2) is 6.10 Å². The van der Waals surface area contributed by atoms with Crippen molar-refractivity contribution in [2.75, 3.05) is 13.2 Å². The number of carbonyl (C=O) groups is 3. The summed E-state index contributed by atoms with van der Waals surface area (Å²) >= 11 is 0. The Labute approximate surface area is 448 Å². The molecule has 0 amide bonds. The van der Waals surface area contributed by atoms with Crippen molar-refractivity contribution in [3.63, 3.8) is 0 Å². The fraction of sp³-hybridized carbons (Fsp3) is 0.833. The summed E-state index contributed by atoms with van der Waals surface area (Å²) in [4.78, 5) is 38.3. The van der Waals surface area contributed by atoms with Crippen molar-refractivity contribution in [2.45, 2.75) is 341 Å². The number of hydrogen-bond donors (Lipinski definition) is 0. The maximum absolute atomic E-state index is 12.9. The van der Waals surface area contributed by atoms with Crippen molar-refractivity contribution in [1.29, 1.82) is 0 Å². The molecule has 0 N–H and O–H groups in total. The molecule has 1 unspecified atom stereocenters. The molecule has 0 spiro atoms. The SMILES string of the molecule is CC/C=C\C/C=C\C/C=C\CCCCCCCCCCCC(=O)OCC(COC(=O)CCCCCCC/C=C\CCCCCCCCC)OC(=O)CCCCCCCCCCCCCCCCCCCCC. The Morgan fingerprint density at radius 3 is 0.861 bits per heavy atom. The second-order valence-corrected chi connectivity index (χ2v) is 21.3. The molecular weight excluding hydrogens is 889 g/mol. The van der Waals surface area contributed by atoms with E-state index in [9.17, 15) is 14.4 Å². The standard InChI is InChI=1S/C66H120O6/c1-4-7-10-13-16-19-22-25-28-31-33-35-38-41-44-47-50-53-56-59-65(68)71-62-63(61-70-64(67)58-55-52-49-46-43-40-37-30-27-24-21-18-15-12-9-6-3)72-66(69)60-57-54-51-48-45-42-39-36-34-32-29-26-23-20-17-14-11-8-5-2/h7,10,16,19,25,28,30,37,63H,4-6,8-9,11-15,17-18,20-24,26-27,29,31-36,38-62H2,1-3H3/b10-7-,19-16-,28-25-,37-30-. The summed E-state index contributed by atoms with van der Waals surface area (Å²) in [5, 5.41) is 0. The van der Waals surface area contributed by atoms with Crippen LogP contribution >= 0.6 is 0 Å². The van der Waals surface area contributed by atoms with Crippen LogP contribution in [0.2, 0.25) is 0 Å². The molecule has 0 aliphatic carbocycles. The van der Waals surface area contributed by atoms with Crippen molar-refractivity contribution in [3.8, 4) is 0 Å². The molecule has 0 aromatic heterocycles. The van der Waals surface area contributed by atoms with Gasteiger partial charge in [-0.1, -0.05) is 288 Å². The van der Waals surface area contributed by atoms with Crippen LogP contribution < -0.4 is 0 Å². The van der Waals surface area contributed by atoms with Crippen molar-refractivity contribution in [1.82, 2.24) is 0 Å². The first-order valence-corrected chi connectivity index (χ1v) is 31.6. The highest BCUT2D eigenvalue weighted by Crippen LogP contribution is 2.17. The summed E-state index contributed by atoms with van der Waals surface area (Å²) < 4.78 is 16.9. The lowest BCUT2D eigenvalue weighted by molar-refractivity contribution is -0.167. The predicted octanol–water partition coefficient (Wildman–Crippen LogP) is 21.4. The molecule has 0 aromatic rings. The summed E-state index contributed by atoms with van der Waals surface area (Å²) in [6, 6.07) is 0. The number of ether oxygens (including phenoxy) is 3. The van der Waals surface area contributed by atoms with E-state index in [1.165, 1.54) is 212 Å². The molecule has 0 saturated carbocycles. The molecule has 0 aromatic carbocycles. The summed E-state index contributed by atoms with van der Waals surface area (Å²) in [5.74, 6) is -0.867. The third-order valence-corrected chi connectivity index (χ3v) is 14.1. The number of unbranched alkanes of at least 4 members (excludes halogenated alkanes) is 39. The average Bonchev–Trinajstić information content (AvgIpc) is 3.38. The van der Waals surface area contributed by atoms with E-state index in [4.69, 9.17) is 14.2 Å². The van der Waals surface area contributed by atoms with Crippen LogP contribution in [0.4, 0.5) is 0 Å². The van der Waals surface area contributed by atoms with E-state index >= 15 is 0 Å². The monoisotopic (exact) mass is 1010 g/mol. The van der Waals surface area contributed by atoms with Crippen molar-refractivity contribution < 1.29 is 28.6 Å². The third-order valence-electron chi connectivity index (χ3n) is 14.1. The molecular formula is C66H120O6. The number of carbonyl (C=O) groups excluding carboxylic acids is 3. The van der Waals surface area contributed by atoms with E-state index < -0.39 is 6.10 Å². The Kier molecular flexibility index (Phi) is 58.7. The predicted molar refractivity (Wildman–Crippen MR) is 312 cm³/mol. The van der Waals surface area contributed by atoms with Crippen LogP contribution in [0.25, 0.3) is 0 Å². The fourth-order valence-electron chi connectivity index (χ4n) is 9.34. The Hall–Kier alpha value is -2.63. The van der Waals surface area contributed by atoms with Gasteiger partial charge in [-0.05, 0) is 77.0 Å². The van der Waals surface area contributed by atoms with Gasteiger partial charge in [0.1, 0.15) is 13.2 Å². The maximum atomic E-state index is 12.9. The van der Waals surface area contributed by atoms with Gasteiger partial charge in [-0.2, -0.15) is 0 Å². The molecule has 0 aliphatic rings. The van der Waals surface area contributed by atoms with Gasteiger partial charge in [0.25, 0.3) is 0 Å². The third kappa shape index (κ3) is 58.3. The Balaban J connectivity index is 4.35. The number of rotatable bonds is 58. The largest absolute Gasteiger partial charge is 0.462 e. The summed E-state index contributed by atoms with van der Waals surface area (Å²) in [7, 11) is 0. The van der Waals surface area contributed by atoms with E-state index in [1.54, 1.807) is 0 Å². The first-order chi connectivity index (χ1) is 35.5. The fourth-order valence-corrected chi connectivity index (χ4v) is 9.34. The molecule has 0 heterocycles. The van der Waals surface area contributed by atoms with Gasteiger partial charge in [-0.3, -0.25) is 14.4 Å². The highest BCUT2D eigenvalue weighted by molar-refractivity contribution is 5.71. The molecule has 0 aliphatic heterocycles. The van der Waals surface area contributed by atoms with E-state index in [-0.39, 0.29) is 31.1 Å². The number of hydrogen-bond acceptors (Lipinski definition) is 6. The van der Waals surface area contributed by atoms with Crippen LogP contribution in [0.15, 0.2) is 48.6 Å². The molecule has 0 saturated heterocycles. The van der Waals surface area contributed by atoms with Gasteiger partial charge in [0.05, 0.1) is 0 Å². The highest BCUT2D eigenvalue weighted by atomic mass is 16.6. The molecule has 0 radical (unpaired) electrons. The zero-order valence-corrected chi connectivity index (χ0v) is 48.2. The van der Waals surface area contributed by atoms with Gasteiger partial charge >= 0.3 is 17.9 Å². The summed E-state index contributed by atoms with van der Waals surface area (Å²) in [6.07, 6.45) is 75.4. The van der Waals surface area contributed by atoms with Crippen molar-refractivity contribution >= 4 is 17.9 Å². The van der Waals surface area contributed by atoms with Gasteiger partial charge in [-0.25, -0.2) is 0 Å². The van der Waals surface area contributed by atoms with E-state index in [2.05, 4.69) is 69.4 Å². The van der Waals surface area contributed by atoms with Gasteiger partial charge in [0.2, 0.25) is 0 Å². The molecule has 0 rings (SSSR count). The lowest BCUT2D eigenvalue weighted by Gasteiger charge is -2.18. The first-order valence-electron chi connectivity index (χ1n) is 31.6. The quantitative estimate of drug-likeness (QED) is 0.0261. The van der Waals surface area contributed by atoms with Crippen LogP contribution in [0, 0.1) is 0 Å². The second-order valence-electron chi connectivity index (χ2n) is 21.3. The average molecular weight is 1010 g/mol. The van der Waals surface area contributed by atoms with Gasteiger partial charge < -0.3 is 14.2 Å². The maximum Gasteiger partial charge on any atom is 0.306 e. The number of esters is 3. The minimum absolute atomic E-state index is 0.0751. The molecule has 420 valence electrons. The minimum atomic E-state index is -0.777. The molecule has 6 nitrogen and oxygen atoms in total. The Morgan fingerprint density at radius 2 is 0.542 bits per heavy atom. The topological polar surface area (TPSA) is 78.9 Å². The van der Waals surface area contributed by atoms with Crippen LogP contribution in [0.1, 0.15) is 335 Å². The molecule has 0 bridgehead atoms. The minimum Gasteiger partial charge on any atom is -0.462 e. The van der Waals surface area contributed by atoms with Crippen molar-refractivity contribution in [2.24, 2.45) is 0 Å². The highest BCUT2D eigenvalue weighted by Gasteiger charge is 2.19. The van der Waals surface area contributed by atoms with Gasteiger partial charge in [0, 0.05) is 19.3 Å². The summed E-state index contributed by atoms with van der Waals surface area (Å²) in [6.45, 7) is 6.57. The zero-order valence-electron chi connectivity index (χ0n) is 48.2.